The highest BCUT2D eigenvalue weighted by Gasteiger charge is 2.20. The van der Waals surface area contributed by atoms with Gasteiger partial charge in [-0.25, -0.2) is 4.79 Å². The number of nitrogens with zero attached hydrogens (tertiary/aromatic N) is 2. The monoisotopic (exact) mass is 348 g/mol. The van der Waals surface area contributed by atoms with Gasteiger partial charge in [0.2, 0.25) is 5.91 Å². The summed E-state index contributed by atoms with van der Waals surface area (Å²) in [7, 11) is 1.67. The van der Waals surface area contributed by atoms with E-state index >= 15 is 0 Å². The first-order valence-electron chi connectivity index (χ1n) is 8.75. The lowest BCUT2D eigenvalue weighted by atomic mass is 10.1. The zero-order valence-corrected chi connectivity index (χ0v) is 14.9. The van der Waals surface area contributed by atoms with Crippen molar-refractivity contribution in [3.63, 3.8) is 0 Å². The predicted molar refractivity (Wildman–Crippen MR) is 96.3 cm³/mol. The van der Waals surface area contributed by atoms with Crippen LogP contribution in [-0.2, 0) is 11.3 Å². The maximum Gasteiger partial charge on any atom is 0.312 e. The molecule has 1 aromatic carbocycles. The Kier molecular flexibility index (Phi) is 7.53. The summed E-state index contributed by atoms with van der Waals surface area (Å²) in [5, 5.41) is 2.53. The molecule has 1 aliphatic heterocycles. The maximum absolute atomic E-state index is 12.2. The minimum absolute atomic E-state index is 0.197. The summed E-state index contributed by atoms with van der Waals surface area (Å²) >= 11 is 0. The van der Waals surface area contributed by atoms with Gasteiger partial charge < -0.3 is 20.7 Å². The first-order valence-corrected chi connectivity index (χ1v) is 8.75. The fraction of sp³-hybridized carbons (Fsp3) is 0.556. The summed E-state index contributed by atoms with van der Waals surface area (Å²) in [5.41, 5.74) is 6.25. The Morgan fingerprint density at radius 2 is 1.80 bits per heavy atom. The number of primary amides is 1. The van der Waals surface area contributed by atoms with E-state index in [-0.39, 0.29) is 5.91 Å². The SMILES string of the molecule is COc1ccc(CN2CCN(C(=O)CCCCNC(N)=O)CC2)cc1. The Morgan fingerprint density at radius 1 is 1.12 bits per heavy atom. The Hall–Kier alpha value is -2.28. The number of urea groups is 1. The first kappa shape index (κ1) is 19.1. The molecule has 3 N–H and O–H groups in total. The van der Waals surface area contributed by atoms with E-state index in [0.29, 0.717) is 13.0 Å². The summed E-state index contributed by atoms with van der Waals surface area (Å²) in [6.45, 7) is 4.74. The summed E-state index contributed by atoms with van der Waals surface area (Å²) < 4.78 is 5.17. The zero-order valence-electron chi connectivity index (χ0n) is 14.9. The fourth-order valence-electron chi connectivity index (χ4n) is 2.92. The molecule has 138 valence electrons. The lowest BCUT2D eigenvalue weighted by molar-refractivity contribution is -0.133. The summed E-state index contributed by atoms with van der Waals surface area (Å²) in [6.07, 6.45) is 2.07. The van der Waals surface area contributed by atoms with E-state index in [9.17, 15) is 9.59 Å². The van der Waals surface area contributed by atoms with E-state index < -0.39 is 6.03 Å². The molecule has 7 heteroatoms. The third-order valence-electron chi connectivity index (χ3n) is 4.41. The highest BCUT2D eigenvalue weighted by Crippen LogP contribution is 2.14. The van der Waals surface area contributed by atoms with E-state index in [1.165, 1.54) is 5.56 Å². The van der Waals surface area contributed by atoms with Gasteiger partial charge in [0.15, 0.2) is 0 Å². The molecule has 1 fully saturated rings. The number of carbonyl (C=O) groups excluding carboxylic acids is 2. The number of nitrogens with two attached hydrogens (primary N) is 1. The molecule has 2 rings (SSSR count). The van der Waals surface area contributed by atoms with Crippen LogP contribution in [0.1, 0.15) is 24.8 Å². The molecular weight excluding hydrogens is 320 g/mol. The van der Waals surface area contributed by atoms with Gasteiger partial charge in [-0.1, -0.05) is 12.1 Å². The lowest BCUT2D eigenvalue weighted by Crippen LogP contribution is -2.48. The van der Waals surface area contributed by atoms with Gasteiger partial charge in [-0.05, 0) is 30.5 Å². The van der Waals surface area contributed by atoms with Crippen molar-refractivity contribution in [2.75, 3.05) is 39.8 Å². The number of unbranched alkanes of at least 4 members (excludes halogenated alkanes) is 1. The van der Waals surface area contributed by atoms with Gasteiger partial charge in [0, 0.05) is 45.7 Å². The number of ether oxygens (including phenoxy) is 1. The highest BCUT2D eigenvalue weighted by atomic mass is 16.5. The Balaban J connectivity index is 1.64. The maximum atomic E-state index is 12.2. The van der Waals surface area contributed by atoms with Crippen LogP contribution >= 0.6 is 0 Å². The second kappa shape index (κ2) is 9.88. The predicted octanol–water partition coefficient (Wildman–Crippen LogP) is 1.18. The number of benzene rings is 1. The molecule has 1 saturated heterocycles. The fourth-order valence-corrected chi connectivity index (χ4v) is 2.92. The molecule has 0 aromatic heterocycles. The molecule has 0 saturated carbocycles. The molecule has 0 bridgehead atoms. The van der Waals surface area contributed by atoms with Crippen LogP contribution in [0.4, 0.5) is 4.79 Å². The second-order valence-electron chi connectivity index (χ2n) is 6.25. The summed E-state index contributed by atoms with van der Waals surface area (Å²) in [5.74, 6) is 1.06. The number of piperazine rings is 1. The number of amides is 3. The third kappa shape index (κ3) is 6.62. The Bertz CT molecular complexity index is 554. The molecule has 3 amide bonds. The smallest absolute Gasteiger partial charge is 0.312 e. The standard InChI is InChI=1S/C18H28N4O3/c1-25-16-7-5-15(6-8-16)14-21-10-12-22(13-11-21)17(23)4-2-3-9-20-18(19)24/h5-8H,2-4,9-14H2,1H3,(H3,19,20,24). The van der Waals surface area contributed by atoms with Crippen LogP contribution in [-0.4, -0.2) is 61.6 Å². The van der Waals surface area contributed by atoms with Crippen LogP contribution < -0.4 is 15.8 Å². The molecule has 1 heterocycles. The molecule has 0 spiro atoms. The largest absolute Gasteiger partial charge is 0.497 e. The van der Waals surface area contributed by atoms with E-state index in [2.05, 4.69) is 22.3 Å². The average molecular weight is 348 g/mol. The van der Waals surface area contributed by atoms with Gasteiger partial charge in [0.1, 0.15) is 5.75 Å². The van der Waals surface area contributed by atoms with E-state index in [4.69, 9.17) is 10.5 Å². The van der Waals surface area contributed by atoms with Crippen LogP contribution in [0.25, 0.3) is 0 Å². The molecule has 25 heavy (non-hydrogen) atoms. The molecule has 7 nitrogen and oxygen atoms in total. The molecular formula is C18H28N4O3. The second-order valence-corrected chi connectivity index (χ2v) is 6.25. The first-order chi connectivity index (χ1) is 12.1. The average Bonchev–Trinajstić information content (AvgIpc) is 2.62. The number of methoxy groups -OCH3 is 1. The van der Waals surface area contributed by atoms with Crippen LogP contribution in [0.5, 0.6) is 5.75 Å². The van der Waals surface area contributed by atoms with Gasteiger partial charge in [0.25, 0.3) is 0 Å². The van der Waals surface area contributed by atoms with Crippen molar-refractivity contribution in [2.45, 2.75) is 25.8 Å². The number of hydrogen-bond donors (Lipinski definition) is 2. The van der Waals surface area contributed by atoms with Gasteiger partial charge in [0.05, 0.1) is 7.11 Å². The van der Waals surface area contributed by atoms with Crippen molar-refractivity contribution in [3.05, 3.63) is 29.8 Å². The van der Waals surface area contributed by atoms with Gasteiger partial charge >= 0.3 is 6.03 Å². The van der Waals surface area contributed by atoms with E-state index in [1.54, 1.807) is 7.11 Å². The highest BCUT2D eigenvalue weighted by molar-refractivity contribution is 5.76. The van der Waals surface area contributed by atoms with Crippen molar-refractivity contribution < 1.29 is 14.3 Å². The molecule has 0 unspecified atom stereocenters. The van der Waals surface area contributed by atoms with Crippen molar-refractivity contribution >= 4 is 11.9 Å². The molecule has 0 atom stereocenters. The molecule has 1 aliphatic rings. The minimum atomic E-state index is -0.515. The third-order valence-corrected chi connectivity index (χ3v) is 4.41. The number of rotatable bonds is 8. The molecule has 0 radical (unpaired) electrons. The zero-order chi connectivity index (χ0) is 18.1. The van der Waals surface area contributed by atoms with Crippen LogP contribution in [0.2, 0.25) is 0 Å². The van der Waals surface area contributed by atoms with Gasteiger partial charge in [-0.3, -0.25) is 9.69 Å². The van der Waals surface area contributed by atoms with Crippen molar-refractivity contribution in [1.29, 1.82) is 0 Å². The quantitative estimate of drug-likeness (QED) is 0.691. The topological polar surface area (TPSA) is 87.9 Å². The minimum Gasteiger partial charge on any atom is -0.497 e. The van der Waals surface area contributed by atoms with Crippen LogP contribution in [0.15, 0.2) is 24.3 Å². The van der Waals surface area contributed by atoms with Crippen molar-refractivity contribution in [2.24, 2.45) is 5.73 Å². The molecule has 1 aromatic rings. The summed E-state index contributed by atoms with van der Waals surface area (Å²) in [6, 6.07) is 7.59. The Morgan fingerprint density at radius 3 is 2.40 bits per heavy atom. The van der Waals surface area contributed by atoms with E-state index in [1.807, 2.05) is 17.0 Å². The summed E-state index contributed by atoms with van der Waals surface area (Å²) in [4.78, 5) is 27.1. The number of hydrogen-bond acceptors (Lipinski definition) is 4. The Labute approximate surface area is 149 Å². The number of nitrogens with one attached hydrogen (secondary N) is 1. The van der Waals surface area contributed by atoms with Crippen molar-refractivity contribution in [3.8, 4) is 5.75 Å². The van der Waals surface area contributed by atoms with Crippen LogP contribution in [0, 0.1) is 0 Å². The van der Waals surface area contributed by atoms with Crippen LogP contribution in [0.3, 0.4) is 0 Å². The number of carbonyl (C=O) groups is 2. The normalized spacial score (nSPS) is 15.0. The lowest BCUT2D eigenvalue weighted by Gasteiger charge is -2.34. The molecule has 0 aliphatic carbocycles. The van der Waals surface area contributed by atoms with Gasteiger partial charge in [-0.2, -0.15) is 0 Å². The van der Waals surface area contributed by atoms with E-state index in [0.717, 1.165) is 51.3 Å². The van der Waals surface area contributed by atoms with Gasteiger partial charge in [-0.15, -0.1) is 0 Å². The van der Waals surface area contributed by atoms with Crippen molar-refractivity contribution in [1.82, 2.24) is 15.1 Å².